The highest BCUT2D eigenvalue weighted by molar-refractivity contribution is 7.98. The summed E-state index contributed by atoms with van der Waals surface area (Å²) in [5, 5.41) is 5.70. The van der Waals surface area contributed by atoms with E-state index in [1.807, 2.05) is 26.8 Å². The molecule has 1 saturated heterocycles. The number of esters is 1. The second-order valence-electron chi connectivity index (χ2n) is 13.6. The first-order valence-corrected chi connectivity index (χ1v) is 18.4. The van der Waals surface area contributed by atoms with Crippen LogP contribution in [0, 0.1) is 0 Å². The molecule has 1 aliphatic rings. The zero-order valence-electron chi connectivity index (χ0n) is 29.8. The number of alkyl halides is 3. The van der Waals surface area contributed by atoms with E-state index in [1.54, 1.807) is 66.5 Å². The minimum absolute atomic E-state index is 0.0428. The zero-order valence-corrected chi connectivity index (χ0v) is 30.6. The second-order valence-corrected chi connectivity index (χ2v) is 14.7. The van der Waals surface area contributed by atoms with Crippen molar-refractivity contribution in [2.75, 3.05) is 24.3 Å². The first-order chi connectivity index (χ1) is 25.2. The topological polar surface area (TPSA) is 117 Å². The maximum Gasteiger partial charge on any atom is 0.416 e. The number of benzene rings is 3. The molecule has 5 rings (SSSR count). The van der Waals surface area contributed by atoms with Gasteiger partial charge in [0.05, 0.1) is 42.0 Å². The number of aromatic nitrogens is 1. The number of halogens is 3. The number of nitrogens with one attached hydrogen (secondary N) is 3. The van der Waals surface area contributed by atoms with E-state index in [1.165, 1.54) is 12.1 Å². The summed E-state index contributed by atoms with van der Waals surface area (Å²) >= 11 is 1.57. The van der Waals surface area contributed by atoms with Crippen LogP contribution in [0.15, 0.2) is 85.1 Å². The maximum atomic E-state index is 13.6. The van der Waals surface area contributed by atoms with E-state index < -0.39 is 23.2 Å². The molecular formula is C40H43F3N3O6S+. The number of anilines is 1. The Morgan fingerprint density at radius 1 is 0.887 bits per heavy atom. The lowest BCUT2D eigenvalue weighted by atomic mass is 10.0. The third-order valence-corrected chi connectivity index (χ3v) is 9.13. The molecule has 0 saturated carbocycles. The van der Waals surface area contributed by atoms with Crippen molar-refractivity contribution >= 4 is 35.2 Å². The van der Waals surface area contributed by atoms with E-state index in [2.05, 4.69) is 15.6 Å². The van der Waals surface area contributed by atoms with Gasteiger partial charge in [-0.05, 0) is 74.4 Å². The molecule has 1 aliphatic heterocycles. The van der Waals surface area contributed by atoms with Gasteiger partial charge in [-0.3, -0.25) is 14.4 Å². The Labute approximate surface area is 311 Å². The molecule has 2 amide bonds. The number of carbonyl (C=O) groups excluding carboxylic acids is 3. The van der Waals surface area contributed by atoms with Crippen molar-refractivity contribution in [3.05, 3.63) is 113 Å². The zero-order chi connectivity index (χ0) is 38.0. The molecule has 53 heavy (non-hydrogen) atoms. The van der Waals surface area contributed by atoms with Crippen LogP contribution in [0.3, 0.4) is 0 Å². The lowest BCUT2D eigenvalue weighted by Gasteiger charge is -2.23. The molecule has 280 valence electrons. The highest BCUT2D eigenvalue weighted by atomic mass is 32.2. The van der Waals surface area contributed by atoms with Gasteiger partial charge in [0.1, 0.15) is 17.5 Å². The molecule has 0 radical (unpaired) electrons. The van der Waals surface area contributed by atoms with Crippen LogP contribution in [0.1, 0.15) is 77.4 Å². The standard InChI is InChI=1S/C40H42F3N3O6S/c1-39(2,3)52-36(47)15-19-53-25-27-7-4-8-28(20-27)38(49)46-34-11-10-32(51-31-13-17-50-18-14-31)23-33(34)35-22-29(12-16-44-35)37(48)45-24-26-6-5-9-30(21-26)40(41,42)43/h4-12,16,20-23,31H,13-15,17-19,24-25H2,1-3H3,(H,45,48)(H,46,49)/p+1. The smallest absolute Gasteiger partial charge is 0.416 e. The number of hydrogen-bond acceptors (Lipinski definition) is 7. The van der Waals surface area contributed by atoms with Crippen LogP contribution >= 0.6 is 11.8 Å². The van der Waals surface area contributed by atoms with Crippen molar-refractivity contribution in [3.63, 3.8) is 0 Å². The minimum atomic E-state index is -4.49. The molecule has 3 aromatic carbocycles. The highest BCUT2D eigenvalue weighted by Gasteiger charge is 2.30. The molecule has 13 heteroatoms. The summed E-state index contributed by atoms with van der Waals surface area (Å²) in [6, 6.07) is 20.5. The van der Waals surface area contributed by atoms with Crippen molar-refractivity contribution in [2.24, 2.45) is 0 Å². The summed E-state index contributed by atoms with van der Waals surface area (Å²) in [5.74, 6) is 0.666. The second kappa shape index (κ2) is 17.8. The summed E-state index contributed by atoms with van der Waals surface area (Å²) in [7, 11) is 0. The summed E-state index contributed by atoms with van der Waals surface area (Å²) in [6.07, 6.45) is -1.20. The van der Waals surface area contributed by atoms with Crippen molar-refractivity contribution in [3.8, 4) is 17.0 Å². The number of amides is 2. The summed E-state index contributed by atoms with van der Waals surface area (Å²) in [5.41, 5.74) is 2.13. The van der Waals surface area contributed by atoms with E-state index in [0.29, 0.717) is 58.5 Å². The molecule has 0 spiro atoms. The van der Waals surface area contributed by atoms with Gasteiger partial charge in [-0.2, -0.15) is 24.9 Å². The van der Waals surface area contributed by atoms with Gasteiger partial charge in [0.15, 0.2) is 6.20 Å². The maximum absolute atomic E-state index is 13.6. The Hall–Kier alpha value is -4.88. The van der Waals surface area contributed by atoms with E-state index >= 15 is 0 Å². The minimum Gasteiger partial charge on any atom is -0.490 e. The van der Waals surface area contributed by atoms with E-state index in [4.69, 9.17) is 14.2 Å². The predicted molar refractivity (Wildman–Crippen MR) is 197 cm³/mol. The van der Waals surface area contributed by atoms with Crippen LogP contribution in [-0.4, -0.2) is 48.5 Å². The monoisotopic (exact) mass is 750 g/mol. The Balaban J connectivity index is 1.32. The van der Waals surface area contributed by atoms with Crippen molar-refractivity contribution < 1.29 is 46.7 Å². The van der Waals surface area contributed by atoms with Crippen molar-refractivity contribution in [2.45, 2.75) is 70.2 Å². The molecule has 0 unspecified atom stereocenters. The Kier molecular flexibility index (Phi) is 13.2. The van der Waals surface area contributed by atoms with Crippen LogP contribution < -0.4 is 20.4 Å². The molecular weight excluding hydrogens is 708 g/mol. The number of rotatable bonds is 13. The number of carbonyl (C=O) groups is 3. The van der Waals surface area contributed by atoms with Gasteiger partial charge in [-0.1, -0.05) is 24.3 Å². The first-order valence-electron chi connectivity index (χ1n) is 17.3. The first kappa shape index (κ1) is 39.3. The van der Waals surface area contributed by atoms with E-state index in [9.17, 15) is 27.6 Å². The molecule has 4 aromatic rings. The van der Waals surface area contributed by atoms with Gasteiger partial charge in [0.2, 0.25) is 5.69 Å². The predicted octanol–water partition coefficient (Wildman–Crippen LogP) is 7.89. The van der Waals surface area contributed by atoms with Gasteiger partial charge in [0, 0.05) is 48.6 Å². The fourth-order valence-corrected chi connectivity index (χ4v) is 6.43. The summed E-state index contributed by atoms with van der Waals surface area (Å²) in [4.78, 5) is 42.0. The quantitative estimate of drug-likeness (QED) is 0.105. The fraction of sp³-hybridized carbons (Fsp3) is 0.350. The average molecular weight is 751 g/mol. The third kappa shape index (κ3) is 12.1. The number of H-pyrrole nitrogens is 1. The van der Waals surface area contributed by atoms with Gasteiger partial charge < -0.3 is 24.8 Å². The summed E-state index contributed by atoms with van der Waals surface area (Å²) < 4.78 is 56.7. The van der Waals surface area contributed by atoms with E-state index in [-0.39, 0.29) is 36.5 Å². The van der Waals surface area contributed by atoms with Crippen molar-refractivity contribution in [1.29, 1.82) is 0 Å². The fourth-order valence-electron chi connectivity index (χ4n) is 5.55. The number of ether oxygens (including phenoxy) is 3. The van der Waals surface area contributed by atoms with Crippen LogP contribution in [0.4, 0.5) is 18.9 Å². The Morgan fingerprint density at radius 2 is 1.62 bits per heavy atom. The molecule has 0 aliphatic carbocycles. The van der Waals surface area contributed by atoms with E-state index in [0.717, 1.165) is 30.5 Å². The van der Waals surface area contributed by atoms with Crippen LogP contribution in [0.5, 0.6) is 5.75 Å². The Bertz CT molecular complexity index is 1910. The molecule has 2 heterocycles. The van der Waals surface area contributed by atoms with Gasteiger partial charge in [0.25, 0.3) is 11.8 Å². The normalized spacial score (nSPS) is 13.6. The number of thioether (sulfide) groups is 1. The molecule has 1 fully saturated rings. The lowest BCUT2D eigenvalue weighted by Crippen LogP contribution is -2.26. The lowest BCUT2D eigenvalue weighted by molar-refractivity contribution is -0.364. The van der Waals surface area contributed by atoms with Crippen LogP contribution in [0.2, 0.25) is 0 Å². The van der Waals surface area contributed by atoms with Gasteiger partial charge >= 0.3 is 12.1 Å². The molecule has 9 nitrogen and oxygen atoms in total. The molecule has 3 N–H and O–H groups in total. The molecule has 0 atom stereocenters. The molecule has 0 bridgehead atoms. The summed E-state index contributed by atoms with van der Waals surface area (Å²) in [6.45, 7) is 6.58. The van der Waals surface area contributed by atoms with Gasteiger partial charge in [-0.25, -0.2) is 4.98 Å². The average Bonchev–Trinajstić information content (AvgIpc) is 3.12. The van der Waals surface area contributed by atoms with Gasteiger partial charge in [-0.15, -0.1) is 0 Å². The largest absolute Gasteiger partial charge is 0.490 e. The number of aromatic amines is 1. The van der Waals surface area contributed by atoms with Crippen LogP contribution in [-0.2, 0) is 32.7 Å². The SMILES string of the molecule is CC(C)(C)OC(=O)CCSCc1cccc(C(=O)Nc2ccc(OC3CCOCC3)cc2-c2cc(C(=O)NCc3cccc(C(F)(F)F)c3)cc[nH+]2)c1. The Morgan fingerprint density at radius 3 is 2.38 bits per heavy atom. The third-order valence-electron chi connectivity index (χ3n) is 8.10. The molecule has 1 aromatic heterocycles. The highest BCUT2D eigenvalue weighted by Crippen LogP contribution is 2.32. The number of pyridine rings is 1. The van der Waals surface area contributed by atoms with Crippen LogP contribution in [0.25, 0.3) is 11.3 Å². The van der Waals surface area contributed by atoms with Crippen molar-refractivity contribution in [1.82, 2.24) is 5.32 Å². The number of hydrogen-bond donors (Lipinski definition) is 2.